The molecule has 3 aromatic rings. The first-order valence-corrected chi connectivity index (χ1v) is 7.32. The van der Waals surface area contributed by atoms with Crippen molar-refractivity contribution >= 4 is 5.65 Å². The SMILES string of the molecule is Cc1cn2cc(Cc3ccccc3OC(F)F)c(C(F)(F)F)cc2n1. The predicted octanol–water partition coefficient (Wildman–Crippen LogP) is 4.85. The van der Waals surface area contributed by atoms with Gasteiger partial charge in [0.2, 0.25) is 0 Å². The van der Waals surface area contributed by atoms with Gasteiger partial charge in [0.15, 0.2) is 0 Å². The number of fused-ring (bicyclic) bond motifs is 1. The highest BCUT2D eigenvalue weighted by Crippen LogP contribution is 2.35. The third-order valence-corrected chi connectivity index (χ3v) is 3.67. The summed E-state index contributed by atoms with van der Waals surface area (Å²) in [6.45, 7) is -1.38. The van der Waals surface area contributed by atoms with Crippen LogP contribution in [0.25, 0.3) is 5.65 Å². The first-order chi connectivity index (χ1) is 11.7. The van der Waals surface area contributed by atoms with Gasteiger partial charge in [0.25, 0.3) is 0 Å². The van der Waals surface area contributed by atoms with Crippen molar-refractivity contribution in [1.82, 2.24) is 9.38 Å². The zero-order valence-corrected chi connectivity index (χ0v) is 13.0. The number of rotatable bonds is 4. The van der Waals surface area contributed by atoms with Crippen LogP contribution in [0.3, 0.4) is 0 Å². The Morgan fingerprint density at radius 3 is 2.52 bits per heavy atom. The Morgan fingerprint density at radius 1 is 1.12 bits per heavy atom. The van der Waals surface area contributed by atoms with Gasteiger partial charge < -0.3 is 9.14 Å². The number of pyridine rings is 1. The van der Waals surface area contributed by atoms with Gasteiger partial charge in [-0.1, -0.05) is 18.2 Å². The fourth-order valence-electron chi connectivity index (χ4n) is 2.67. The van der Waals surface area contributed by atoms with Crippen molar-refractivity contribution in [2.24, 2.45) is 0 Å². The molecule has 0 aliphatic heterocycles. The maximum Gasteiger partial charge on any atom is 0.416 e. The van der Waals surface area contributed by atoms with Crippen molar-refractivity contribution in [2.75, 3.05) is 0 Å². The topological polar surface area (TPSA) is 26.5 Å². The van der Waals surface area contributed by atoms with Crippen molar-refractivity contribution in [3.63, 3.8) is 0 Å². The van der Waals surface area contributed by atoms with Crippen LogP contribution in [0.4, 0.5) is 22.0 Å². The largest absolute Gasteiger partial charge is 0.435 e. The number of alkyl halides is 5. The zero-order valence-electron chi connectivity index (χ0n) is 13.0. The van der Waals surface area contributed by atoms with Crippen molar-refractivity contribution in [1.29, 1.82) is 0 Å². The number of benzene rings is 1. The molecule has 0 aliphatic carbocycles. The smallest absolute Gasteiger partial charge is 0.416 e. The summed E-state index contributed by atoms with van der Waals surface area (Å²) in [5.41, 5.74) is 0.0852. The van der Waals surface area contributed by atoms with Crippen LogP contribution in [0.1, 0.15) is 22.4 Å². The number of ether oxygens (including phenoxy) is 1. The van der Waals surface area contributed by atoms with Gasteiger partial charge in [-0.2, -0.15) is 22.0 Å². The van der Waals surface area contributed by atoms with E-state index >= 15 is 0 Å². The van der Waals surface area contributed by atoms with Gasteiger partial charge in [-0.15, -0.1) is 0 Å². The average Bonchev–Trinajstić information content (AvgIpc) is 2.86. The molecule has 1 aromatic carbocycles. The minimum Gasteiger partial charge on any atom is -0.435 e. The van der Waals surface area contributed by atoms with E-state index in [-0.39, 0.29) is 28.9 Å². The van der Waals surface area contributed by atoms with Crippen LogP contribution in [-0.2, 0) is 12.6 Å². The number of halogens is 5. The number of hydrogen-bond donors (Lipinski definition) is 0. The summed E-state index contributed by atoms with van der Waals surface area (Å²) in [5.74, 6) is -0.146. The maximum atomic E-state index is 13.4. The van der Waals surface area contributed by atoms with Gasteiger partial charge in [0.1, 0.15) is 11.4 Å². The summed E-state index contributed by atoms with van der Waals surface area (Å²) < 4.78 is 71.1. The molecule has 0 unspecified atom stereocenters. The third kappa shape index (κ3) is 3.72. The number of aromatic nitrogens is 2. The van der Waals surface area contributed by atoms with Crippen LogP contribution in [0.15, 0.2) is 42.7 Å². The highest BCUT2D eigenvalue weighted by molar-refractivity contribution is 5.49. The van der Waals surface area contributed by atoms with E-state index in [9.17, 15) is 22.0 Å². The standard InChI is InChI=1S/C17H13F5N2O/c1-10-8-24-9-12(13(17(20,21)22)7-15(24)23-10)6-11-4-2-3-5-14(11)25-16(18)19/h2-5,7-9,16H,6H2,1H3. The van der Waals surface area contributed by atoms with Crippen LogP contribution < -0.4 is 4.74 Å². The van der Waals surface area contributed by atoms with E-state index in [2.05, 4.69) is 9.72 Å². The molecule has 2 heterocycles. The van der Waals surface area contributed by atoms with Gasteiger partial charge in [-0.05, 0) is 30.2 Å². The molecular formula is C17H13F5N2O. The lowest BCUT2D eigenvalue weighted by atomic mass is 10.0. The number of para-hydroxylation sites is 1. The lowest BCUT2D eigenvalue weighted by molar-refractivity contribution is -0.138. The fraction of sp³-hybridized carbons (Fsp3) is 0.235. The van der Waals surface area contributed by atoms with E-state index < -0.39 is 18.4 Å². The minimum absolute atomic E-state index is 0.0530. The molecule has 0 radical (unpaired) electrons. The molecule has 25 heavy (non-hydrogen) atoms. The van der Waals surface area contributed by atoms with Gasteiger partial charge in [0, 0.05) is 18.8 Å². The number of nitrogens with zero attached hydrogens (tertiary/aromatic N) is 2. The van der Waals surface area contributed by atoms with Gasteiger partial charge in [-0.3, -0.25) is 0 Å². The van der Waals surface area contributed by atoms with E-state index in [1.54, 1.807) is 19.2 Å². The summed E-state index contributed by atoms with van der Waals surface area (Å²) in [5, 5.41) is 0. The Labute approximate surface area is 139 Å². The van der Waals surface area contributed by atoms with Gasteiger partial charge >= 0.3 is 12.8 Å². The number of imidazole rings is 1. The Hall–Kier alpha value is -2.64. The summed E-state index contributed by atoms with van der Waals surface area (Å²) >= 11 is 0. The molecule has 0 saturated carbocycles. The van der Waals surface area contributed by atoms with E-state index in [0.717, 1.165) is 6.07 Å². The number of hydrogen-bond acceptors (Lipinski definition) is 2. The summed E-state index contributed by atoms with van der Waals surface area (Å²) in [6, 6.07) is 6.75. The van der Waals surface area contributed by atoms with E-state index in [4.69, 9.17) is 0 Å². The number of aryl methyl sites for hydroxylation is 1. The highest BCUT2D eigenvalue weighted by Gasteiger charge is 2.34. The van der Waals surface area contributed by atoms with Crippen LogP contribution in [0.2, 0.25) is 0 Å². The Kier molecular flexibility index (Phi) is 4.36. The molecular weight excluding hydrogens is 343 g/mol. The molecule has 0 fully saturated rings. The monoisotopic (exact) mass is 356 g/mol. The molecule has 8 heteroatoms. The van der Waals surface area contributed by atoms with E-state index in [1.807, 2.05) is 0 Å². The molecule has 0 bridgehead atoms. The molecule has 0 amide bonds. The molecule has 0 aliphatic rings. The summed E-state index contributed by atoms with van der Waals surface area (Å²) in [4.78, 5) is 4.03. The second-order valence-electron chi connectivity index (χ2n) is 5.52. The maximum absolute atomic E-state index is 13.4. The quantitative estimate of drug-likeness (QED) is 0.625. The van der Waals surface area contributed by atoms with E-state index in [0.29, 0.717) is 5.69 Å². The Balaban J connectivity index is 2.09. The lowest BCUT2D eigenvalue weighted by Crippen LogP contribution is -2.12. The zero-order chi connectivity index (χ0) is 18.2. The first-order valence-electron chi connectivity index (χ1n) is 7.32. The molecule has 132 valence electrons. The molecule has 0 saturated heterocycles. The fourth-order valence-corrected chi connectivity index (χ4v) is 2.67. The molecule has 2 aromatic heterocycles. The molecule has 0 spiro atoms. The second-order valence-corrected chi connectivity index (χ2v) is 5.52. The first kappa shape index (κ1) is 17.2. The van der Waals surface area contributed by atoms with Crippen molar-refractivity contribution in [2.45, 2.75) is 26.1 Å². The van der Waals surface area contributed by atoms with Crippen molar-refractivity contribution in [3.05, 3.63) is 65.1 Å². The van der Waals surface area contributed by atoms with Crippen molar-refractivity contribution < 1.29 is 26.7 Å². The van der Waals surface area contributed by atoms with Crippen LogP contribution in [0.5, 0.6) is 5.75 Å². The van der Waals surface area contributed by atoms with Crippen molar-refractivity contribution in [3.8, 4) is 5.75 Å². The highest BCUT2D eigenvalue weighted by atomic mass is 19.4. The van der Waals surface area contributed by atoms with Crippen LogP contribution in [0, 0.1) is 6.92 Å². The molecule has 0 atom stereocenters. The predicted molar refractivity (Wildman–Crippen MR) is 80.8 cm³/mol. The lowest BCUT2D eigenvalue weighted by Gasteiger charge is -2.15. The Morgan fingerprint density at radius 2 is 1.84 bits per heavy atom. The van der Waals surface area contributed by atoms with Gasteiger partial charge in [-0.25, -0.2) is 4.98 Å². The van der Waals surface area contributed by atoms with Crippen LogP contribution >= 0.6 is 0 Å². The molecule has 3 nitrogen and oxygen atoms in total. The molecule has 0 N–H and O–H groups in total. The third-order valence-electron chi connectivity index (χ3n) is 3.67. The Bertz CT molecular complexity index is 902. The van der Waals surface area contributed by atoms with Crippen LogP contribution in [-0.4, -0.2) is 16.0 Å². The normalized spacial score (nSPS) is 12.1. The second kappa shape index (κ2) is 6.34. The summed E-state index contributed by atoms with van der Waals surface area (Å²) in [6.07, 6.45) is -1.88. The average molecular weight is 356 g/mol. The molecule has 3 rings (SSSR count). The summed E-state index contributed by atoms with van der Waals surface area (Å²) in [7, 11) is 0. The van der Waals surface area contributed by atoms with Gasteiger partial charge in [0.05, 0.1) is 11.3 Å². The minimum atomic E-state index is -4.59. The van der Waals surface area contributed by atoms with E-state index in [1.165, 1.54) is 28.8 Å².